The van der Waals surface area contributed by atoms with Crippen molar-refractivity contribution in [2.75, 3.05) is 4.90 Å². The molecular formula is C64H45N. The van der Waals surface area contributed by atoms with Gasteiger partial charge in [-0.25, -0.2) is 0 Å². The van der Waals surface area contributed by atoms with Gasteiger partial charge in [0.2, 0.25) is 0 Å². The molecule has 10 aromatic rings. The highest BCUT2D eigenvalue weighted by Gasteiger charge is 2.51. The van der Waals surface area contributed by atoms with Gasteiger partial charge in [0.15, 0.2) is 0 Å². The molecule has 65 heavy (non-hydrogen) atoms. The Bertz CT molecular complexity index is 3420. The summed E-state index contributed by atoms with van der Waals surface area (Å²) in [7, 11) is 0. The maximum atomic E-state index is 2.50. The Kier molecular flexibility index (Phi) is 8.24. The van der Waals surface area contributed by atoms with Crippen LogP contribution >= 0.6 is 0 Å². The first kappa shape index (κ1) is 37.5. The zero-order valence-corrected chi connectivity index (χ0v) is 36.5. The number of fused-ring (bicyclic) bond motifs is 13. The van der Waals surface area contributed by atoms with E-state index in [-0.39, 0.29) is 5.41 Å². The molecule has 0 unspecified atom stereocenters. The van der Waals surface area contributed by atoms with Crippen LogP contribution in [0.5, 0.6) is 0 Å². The Labute approximate surface area is 381 Å². The van der Waals surface area contributed by atoms with Crippen molar-refractivity contribution in [3.05, 3.63) is 270 Å². The van der Waals surface area contributed by atoms with Gasteiger partial charge in [-0.3, -0.25) is 0 Å². The molecular weight excluding hydrogens is 783 g/mol. The molecule has 0 N–H and O–H groups in total. The summed E-state index contributed by atoms with van der Waals surface area (Å²) < 4.78 is 0. The normalized spacial score (nSPS) is 13.9. The van der Waals surface area contributed by atoms with Crippen molar-refractivity contribution in [1.82, 2.24) is 0 Å². The lowest BCUT2D eigenvalue weighted by Gasteiger charge is -2.32. The molecule has 0 saturated carbocycles. The van der Waals surface area contributed by atoms with E-state index in [1.54, 1.807) is 0 Å². The fourth-order valence-corrected chi connectivity index (χ4v) is 11.6. The standard InChI is InChI=1S/C64H45N/c1-63(2)57-20-10-6-16-51(57)55-38-36-49(40-61(55)63)65(48-34-32-47(33-35-48)46-30-28-45(29-31-46)44-26-24-43(25-27-44)42-14-4-3-5-15-42)50-37-39-56-54-19-9-13-23-60(54)64(62(56)41-50)58-21-11-7-17-52(58)53-18-8-12-22-59(53)64/h3-41H,1-2H3. The second-order valence-electron chi connectivity index (χ2n) is 18.4. The Morgan fingerprint density at radius 2 is 0.554 bits per heavy atom. The molecule has 0 amide bonds. The van der Waals surface area contributed by atoms with Crippen molar-refractivity contribution in [3.8, 4) is 66.8 Å². The predicted octanol–water partition coefficient (Wildman–Crippen LogP) is 16.8. The summed E-state index contributed by atoms with van der Waals surface area (Å²) in [6, 6.07) is 88.1. The monoisotopic (exact) mass is 827 g/mol. The summed E-state index contributed by atoms with van der Waals surface area (Å²) in [6.07, 6.45) is 0. The minimum atomic E-state index is -0.428. The first-order valence-electron chi connectivity index (χ1n) is 22.8. The van der Waals surface area contributed by atoms with E-state index in [0.717, 1.165) is 17.1 Å². The molecule has 0 radical (unpaired) electrons. The van der Waals surface area contributed by atoms with Crippen LogP contribution in [0.1, 0.15) is 47.2 Å². The van der Waals surface area contributed by atoms with Crippen LogP contribution in [0.4, 0.5) is 17.1 Å². The summed E-state index contributed by atoms with van der Waals surface area (Å²) in [6.45, 7) is 4.74. The van der Waals surface area contributed by atoms with E-state index in [9.17, 15) is 0 Å². The van der Waals surface area contributed by atoms with Crippen LogP contribution in [0.15, 0.2) is 237 Å². The molecule has 13 rings (SSSR count). The molecule has 1 spiro atoms. The van der Waals surface area contributed by atoms with Gasteiger partial charge in [0.25, 0.3) is 0 Å². The first-order valence-corrected chi connectivity index (χ1v) is 22.8. The van der Waals surface area contributed by atoms with Crippen LogP contribution in [-0.2, 0) is 10.8 Å². The number of hydrogen-bond donors (Lipinski definition) is 0. The maximum Gasteiger partial charge on any atom is 0.0726 e. The van der Waals surface area contributed by atoms with E-state index in [1.807, 2.05) is 0 Å². The third kappa shape index (κ3) is 5.52. The molecule has 0 heterocycles. The Hall–Kier alpha value is -8.00. The van der Waals surface area contributed by atoms with E-state index in [4.69, 9.17) is 0 Å². The van der Waals surface area contributed by atoms with E-state index >= 15 is 0 Å². The summed E-state index contributed by atoms with van der Waals surface area (Å²) in [5, 5.41) is 0. The molecule has 306 valence electrons. The quantitative estimate of drug-likeness (QED) is 0.161. The van der Waals surface area contributed by atoms with Crippen molar-refractivity contribution in [2.24, 2.45) is 0 Å². The predicted molar refractivity (Wildman–Crippen MR) is 271 cm³/mol. The molecule has 3 aliphatic carbocycles. The molecule has 0 aromatic heterocycles. The number of hydrogen-bond acceptors (Lipinski definition) is 1. The molecule has 3 aliphatic rings. The van der Waals surface area contributed by atoms with E-state index < -0.39 is 5.41 Å². The summed E-state index contributed by atoms with van der Waals surface area (Å²) in [5.74, 6) is 0. The fourth-order valence-electron chi connectivity index (χ4n) is 11.6. The van der Waals surface area contributed by atoms with Crippen LogP contribution in [0.3, 0.4) is 0 Å². The fraction of sp³-hybridized carbons (Fsp3) is 0.0625. The van der Waals surface area contributed by atoms with Crippen LogP contribution in [0, 0.1) is 0 Å². The summed E-state index contributed by atoms with van der Waals surface area (Å²) >= 11 is 0. The van der Waals surface area contributed by atoms with Crippen LogP contribution in [-0.4, -0.2) is 0 Å². The summed E-state index contributed by atoms with van der Waals surface area (Å²) in [5.41, 5.74) is 26.2. The van der Waals surface area contributed by atoms with Crippen molar-refractivity contribution in [3.63, 3.8) is 0 Å². The third-order valence-corrected chi connectivity index (χ3v) is 14.7. The highest BCUT2D eigenvalue weighted by atomic mass is 15.1. The Morgan fingerprint density at radius 1 is 0.246 bits per heavy atom. The molecule has 1 heteroatoms. The number of rotatable bonds is 6. The number of anilines is 3. The molecule has 10 aromatic carbocycles. The summed E-state index contributed by atoms with van der Waals surface area (Å²) in [4.78, 5) is 2.48. The van der Waals surface area contributed by atoms with Gasteiger partial charge in [0.1, 0.15) is 0 Å². The lowest BCUT2D eigenvalue weighted by atomic mass is 9.70. The average Bonchev–Trinajstić information content (AvgIpc) is 3.93. The van der Waals surface area contributed by atoms with Crippen molar-refractivity contribution in [1.29, 1.82) is 0 Å². The third-order valence-electron chi connectivity index (χ3n) is 14.7. The van der Waals surface area contributed by atoms with Gasteiger partial charge >= 0.3 is 0 Å². The van der Waals surface area contributed by atoms with Crippen LogP contribution in [0.2, 0.25) is 0 Å². The minimum absolute atomic E-state index is 0.130. The SMILES string of the molecule is CC1(C)c2ccccc2-c2ccc(N(c3ccc(-c4ccc(-c5ccc(-c6ccccc6)cc5)cc4)cc3)c3ccc4c(c3)C3(c5ccccc5-c5ccccc53)c3ccccc3-4)cc21. The minimum Gasteiger partial charge on any atom is -0.310 e. The molecule has 0 aliphatic heterocycles. The van der Waals surface area contributed by atoms with E-state index in [1.165, 1.54) is 100 Å². The van der Waals surface area contributed by atoms with Gasteiger partial charge in [-0.1, -0.05) is 214 Å². The molecule has 0 atom stereocenters. The highest BCUT2D eigenvalue weighted by molar-refractivity contribution is 5.96. The first-order chi connectivity index (χ1) is 32.0. The zero-order valence-electron chi connectivity index (χ0n) is 36.5. The van der Waals surface area contributed by atoms with Crippen molar-refractivity contribution < 1.29 is 0 Å². The average molecular weight is 828 g/mol. The van der Waals surface area contributed by atoms with Crippen LogP contribution in [0.25, 0.3) is 66.8 Å². The molecule has 0 saturated heterocycles. The second kappa shape index (κ2) is 14.3. The van der Waals surface area contributed by atoms with Gasteiger partial charge < -0.3 is 4.90 Å². The lowest BCUT2D eigenvalue weighted by Crippen LogP contribution is -2.26. The second-order valence-corrected chi connectivity index (χ2v) is 18.4. The van der Waals surface area contributed by atoms with Gasteiger partial charge in [0.05, 0.1) is 5.41 Å². The molecule has 1 nitrogen and oxygen atoms in total. The topological polar surface area (TPSA) is 3.24 Å². The van der Waals surface area contributed by atoms with Gasteiger partial charge in [-0.05, 0) is 137 Å². The smallest absolute Gasteiger partial charge is 0.0726 e. The lowest BCUT2D eigenvalue weighted by molar-refractivity contribution is 0.660. The maximum absolute atomic E-state index is 2.50. The molecule has 0 bridgehead atoms. The Balaban J connectivity index is 0.933. The molecule has 0 fully saturated rings. The zero-order chi connectivity index (χ0) is 43.3. The van der Waals surface area contributed by atoms with Gasteiger partial charge in [-0.2, -0.15) is 0 Å². The largest absolute Gasteiger partial charge is 0.310 e. The number of nitrogens with zero attached hydrogens (tertiary/aromatic N) is 1. The van der Waals surface area contributed by atoms with Gasteiger partial charge in [-0.15, -0.1) is 0 Å². The van der Waals surface area contributed by atoms with Crippen molar-refractivity contribution >= 4 is 17.1 Å². The van der Waals surface area contributed by atoms with Crippen LogP contribution < -0.4 is 4.90 Å². The van der Waals surface area contributed by atoms with E-state index in [0.29, 0.717) is 0 Å². The Morgan fingerprint density at radius 3 is 1.02 bits per heavy atom. The van der Waals surface area contributed by atoms with Gasteiger partial charge in [0, 0.05) is 22.5 Å². The number of benzene rings is 10. The van der Waals surface area contributed by atoms with E-state index in [2.05, 4.69) is 255 Å². The van der Waals surface area contributed by atoms with Crippen molar-refractivity contribution in [2.45, 2.75) is 24.7 Å². The highest BCUT2D eigenvalue weighted by Crippen LogP contribution is 2.63.